The Morgan fingerprint density at radius 1 is 1.24 bits per heavy atom. The molecule has 0 radical (unpaired) electrons. The molecule has 1 amide bonds. The van der Waals surface area contributed by atoms with Crippen molar-refractivity contribution in [2.45, 2.75) is 51.5 Å². The smallest absolute Gasteiger partial charge is 0.226 e. The number of benzene rings is 1. The summed E-state index contributed by atoms with van der Waals surface area (Å²) in [5, 5.41) is 0. The van der Waals surface area contributed by atoms with Gasteiger partial charge in [0.1, 0.15) is 5.82 Å². The molecule has 2 aliphatic carbocycles. The van der Waals surface area contributed by atoms with E-state index >= 15 is 0 Å². The van der Waals surface area contributed by atoms with E-state index in [0.29, 0.717) is 17.9 Å². The predicted molar refractivity (Wildman–Crippen MR) is 81.3 cm³/mol. The van der Waals surface area contributed by atoms with Gasteiger partial charge in [-0.15, -0.1) is 0 Å². The van der Waals surface area contributed by atoms with E-state index in [0.717, 1.165) is 37.8 Å². The fourth-order valence-electron chi connectivity index (χ4n) is 3.47. The lowest BCUT2D eigenvalue weighted by atomic mass is 10.1. The van der Waals surface area contributed by atoms with Crippen LogP contribution in [0.5, 0.6) is 0 Å². The highest BCUT2D eigenvalue weighted by molar-refractivity contribution is 5.82. The number of nitrogens with zero attached hydrogens (tertiary/aromatic N) is 1. The molecule has 0 spiro atoms. The highest BCUT2D eigenvalue weighted by atomic mass is 19.1. The van der Waals surface area contributed by atoms with Crippen molar-refractivity contribution in [3.8, 4) is 0 Å². The van der Waals surface area contributed by atoms with Gasteiger partial charge in [0.15, 0.2) is 0 Å². The number of carbonyl (C=O) groups is 1. The topological polar surface area (TPSA) is 20.3 Å². The summed E-state index contributed by atoms with van der Waals surface area (Å²) < 4.78 is 13.0. The van der Waals surface area contributed by atoms with Crippen LogP contribution in [-0.4, -0.2) is 23.4 Å². The molecule has 0 N–H and O–H groups in total. The van der Waals surface area contributed by atoms with E-state index in [1.165, 1.54) is 25.0 Å². The second-order valence-electron chi connectivity index (χ2n) is 6.67. The maximum absolute atomic E-state index is 13.0. The zero-order valence-electron chi connectivity index (χ0n) is 12.7. The van der Waals surface area contributed by atoms with E-state index in [-0.39, 0.29) is 11.7 Å². The quantitative estimate of drug-likeness (QED) is 0.807. The lowest BCUT2D eigenvalue weighted by Gasteiger charge is -2.29. The molecular weight excluding hydrogens is 265 g/mol. The molecule has 0 aliphatic heterocycles. The SMILES string of the molecule is CC1CC1C(=O)N(CCc1ccc(F)cc1)C1CCCC1. The summed E-state index contributed by atoms with van der Waals surface area (Å²) in [4.78, 5) is 14.8. The van der Waals surface area contributed by atoms with Gasteiger partial charge in [0, 0.05) is 18.5 Å². The Morgan fingerprint density at radius 2 is 1.86 bits per heavy atom. The highest BCUT2D eigenvalue weighted by Crippen LogP contribution is 2.40. The number of hydrogen-bond acceptors (Lipinski definition) is 1. The third-order valence-electron chi connectivity index (χ3n) is 5.03. The molecule has 0 aromatic heterocycles. The Bertz CT molecular complexity index is 492. The molecule has 3 rings (SSSR count). The second-order valence-corrected chi connectivity index (χ2v) is 6.67. The summed E-state index contributed by atoms with van der Waals surface area (Å²) in [5.41, 5.74) is 1.11. The molecule has 2 unspecified atom stereocenters. The van der Waals surface area contributed by atoms with Gasteiger partial charge in [-0.1, -0.05) is 31.9 Å². The maximum Gasteiger partial charge on any atom is 0.226 e. The minimum absolute atomic E-state index is 0.200. The minimum atomic E-state index is -0.200. The Labute approximate surface area is 126 Å². The molecule has 0 saturated heterocycles. The average Bonchev–Trinajstić information content (AvgIpc) is 2.99. The van der Waals surface area contributed by atoms with Crippen LogP contribution in [-0.2, 0) is 11.2 Å². The molecule has 2 nitrogen and oxygen atoms in total. The molecular formula is C18H24FNO. The van der Waals surface area contributed by atoms with Crippen LogP contribution in [0.25, 0.3) is 0 Å². The first-order valence-electron chi connectivity index (χ1n) is 8.20. The molecule has 3 heteroatoms. The van der Waals surface area contributed by atoms with Crippen molar-refractivity contribution in [1.82, 2.24) is 4.90 Å². The first-order chi connectivity index (χ1) is 10.1. The summed E-state index contributed by atoms with van der Waals surface area (Å²) >= 11 is 0. The van der Waals surface area contributed by atoms with E-state index in [1.54, 1.807) is 0 Å². The number of halogens is 1. The lowest BCUT2D eigenvalue weighted by molar-refractivity contribution is -0.135. The summed E-state index contributed by atoms with van der Waals surface area (Å²) in [6.07, 6.45) is 6.66. The van der Waals surface area contributed by atoms with Gasteiger partial charge in [-0.25, -0.2) is 4.39 Å². The number of rotatable bonds is 5. The fourth-order valence-corrected chi connectivity index (χ4v) is 3.47. The van der Waals surface area contributed by atoms with Gasteiger partial charge in [-0.05, 0) is 49.3 Å². The van der Waals surface area contributed by atoms with Crippen LogP contribution in [0.1, 0.15) is 44.6 Å². The van der Waals surface area contributed by atoms with Crippen molar-refractivity contribution in [3.63, 3.8) is 0 Å². The van der Waals surface area contributed by atoms with Crippen molar-refractivity contribution in [2.75, 3.05) is 6.54 Å². The summed E-state index contributed by atoms with van der Waals surface area (Å²) in [6.45, 7) is 2.94. The fraction of sp³-hybridized carbons (Fsp3) is 0.611. The third-order valence-corrected chi connectivity index (χ3v) is 5.03. The Morgan fingerprint density at radius 3 is 2.43 bits per heavy atom. The van der Waals surface area contributed by atoms with Crippen LogP contribution >= 0.6 is 0 Å². The molecule has 2 saturated carbocycles. The first-order valence-corrected chi connectivity index (χ1v) is 8.20. The zero-order chi connectivity index (χ0) is 14.8. The number of amides is 1. The molecule has 21 heavy (non-hydrogen) atoms. The number of hydrogen-bond donors (Lipinski definition) is 0. The van der Waals surface area contributed by atoms with Crippen LogP contribution in [0.2, 0.25) is 0 Å². The van der Waals surface area contributed by atoms with Crippen LogP contribution in [0.15, 0.2) is 24.3 Å². The first kappa shape index (κ1) is 14.6. The third kappa shape index (κ3) is 3.45. The van der Waals surface area contributed by atoms with Crippen molar-refractivity contribution < 1.29 is 9.18 Å². The van der Waals surface area contributed by atoms with Gasteiger partial charge in [-0.3, -0.25) is 4.79 Å². The Balaban J connectivity index is 1.64. The van der Waals surface area contributed by atoms with E-state index in [2.05, 4.69) is 11.8 Å². The number of carbonyl (C=O) groups excluding carboxylic acids is 1. The maximum atomic E-state index is 13.0. The van der Waals surface area contributed by atoms with Crippen LogP contribution in [0, 0.1) is 17.7 Å². The Kier molecular flexibility index (Phi) is 4.27. The molecule has 114 valence electrons. The molecule has 2 aliphatic rings. The van der Waals surface area contributed by atoms with Gasteiger partial charge < -0.3 is 4.90 Å². The average molecular weight is 289 g/mol. The van der Waals surface area contributed by atoms with Gasteiger partial charge in [-0.2, -0.15) is 0 Å². The van der Waals surface area contributed by atoms with E-state index in [1.807, 2.05) is 12.1 Å². The predicted octanol–water partition coefficient (Wildman–Crippen LogP) is 3.80. The highest BCUT2D eigenvalue weighted by Gasteiger charge is 2.43. The van der Waals surface area contributed by atoms with Crippen LogP contribution in [0.4, 0.5) is 4.39 Å². The molecule has 2 atom stereocenters. The molecule has 2 fully saturated rings. The monoisotopic (exact) mass is 289 g/mol. The molecule has 1 aromatic carbocycles. The van der Waals surface area contributed by atoms with Crippen molar-refractivity contribution in [2.24, 2.45) is 11.8 Å². The van der Waals surface area contributed by atoms with Gasteiger partial charge >= 0.3 is 0 Å². The Hall–Kier alpha value is -1.38. The van der Waals surface area contributed by atoms with Gasteiger partial charge in [0.2, 0.25) is 5.91 Å². The van der Waals surface area contributed by atoms with Crippen LogP contribution < -0.4 is 0 Å². The molecule has 0 bridgehead atoms. The van der Waals surface area contributed by atoms with Crippen molar-refractivity contribution in [3.05, 3.63) is 35.6 Å². The zero-order valence-corrected chi connectivity index (χ0v) is 12.7. The van der Waals surface area contributed by atoms with Crippen molar-refractivity contribution in [1.29, 1.82) is 0 Å². The molecule has 0 heterocycles. The normalized spacial score (nSPS) is 25.0. The van der Waals surface area contributed by atoms with E-state index < -0.39 is 0 Å². The lowest BCUT2D eigenvalue weighted by Crippen LogP contribution is -2.41. The largest absolute Gasteiger partial charge is 0.339 e. The van der Waals surface area contributed by atoms with Gasteiger partial charge in [0.25, 0.3) is 0 Å². The van der Waals surface area contributed by atoms with E-state index in [4.69, 9.17) is 0 Å². The van der Waals surface area contributed by atoms with E-state index in [9.17, 15) is 9.18 Å². The molecule has 1 aromatic rings. The van der Waals surface area contributed by atoms with Gasteiger partial charge in [0.05, 0.1) is 0 Å². The minimum Gasteiger partial charge on any atom is -0.339 e. The van der Waals surface area contributed by atoms with Crippen LogP contribution in [0.3, 0.4) is 0 Å². The second kappa shape index (κ2) is 6.17. The summed E-state index contributed by atoms with van der Waals surface area (Å²) in [5.74, 6) is 0.983. The standard InChI is InChI=1S/C18H24FNO/c1-13-12-17(13)18(21)20(16-4-2-3-5-16)11-10-14-6-8-15(19)9-7-14/h6-9,13,16-17H,2-5,10-12H2,1H3. The van der Waals surface area contributed by atoms with Crippen molar-refractivity contribution >= 4 is 5.91 Å². The summed E-state index contributed by atoms with van der Waals surface area (Å²) in [6, 6.07) is 7.09. The summed E-state index contributed by atoms with van der Waals surface area (Å²) in [7, 11) is 0.